The second kappa shape index (κ2) is 9.25. The van der Waals surface area contributed by atoms with Crippen molar-refractivity contribution in [2.75, 3.05) is 14.2 Å². The number of esters is 1. The highest BCUT2D eigenvalue weighted by molar-refractivity contribution is 5.83. The summed E-state index contributed by atoms with van der Waals surface area (Å²) in [4.78, 5) is 23.8. The van der Waals surface area contributed by atoms with Gasteiger partial charge in [0.1, 0.15) is 5.82 Å². The number of methoxy groups -OCH3 is 1. The van der Waals surface area contributed by atoms with Crippen LogP contribution in [0.15, 0.2) is 24.3 Å². The molecule has 0 aliphatic rings. The molecule has 1 unspecified atom stereocenters. The first-order valence-corrected chi connectivity index (χ1v) is 7.67. The predicted octanol–water partition coefficient (Wildman–Crippen LogP) is 1.66. The fraction of sp³-hybridized carbons (Fsp3) is 0.529. The minimum Gasteiger partial charge on any atom is -0.469 e. The van der Waals surface area contributed by atoms with Gasteiger partial charge in [0, 0.05) is 6.04 Å². The van der Waals surface area contributed by atoms with E-state index in [1.807, 2.05) is 6.92 Å². The molecule has 0 aliphatic carbocycles. The normalized spacial score (nSPS) is 14.7. The quantitative estimate of drug-likeness (QED) is 0.714. The van der Waals surface area contributed by atoms with E-state index in [1.54, 1.807) is 26.1 Å². The number of halogens is 1. The van der Waals surface area contributed by atoms with Crippen LogP contribution in [0.4, 0.5) is 4.39 Å². The summed E-state index contributed by atoms with van der Waals surface area (Å²) in [6, 6.07) is 5.63. The van der Waals surface area contributed by atoms with Crippen LogP contribution in [0.2, 0.25) is 0 Å². The summed E-state index contributed by atoms with van der Waals surface area (Å²) in [5, 5.41) is 5.83. The summed E-state index contributed by atoms with van der Waals surface area (Å²) in [5.74, 6) is -1.15. The van der Waals surface area contributed by atoms with E-state index in [-0.39, 0.29) is 29.7 Å². The van der Waals surface area contributed by atoms with Gasteiger partial charge in [0.25, 0.3) is 0 Å². The van der Waals surface area contributed by atoms with Crippen LogP contribution < -0.4 is 10.6 Å². The van der Waals surface area contributed by atoms with Gasteiger partial charge in [-0.25, -0.2) is 4.39 Å². The molecule has 6 heteroatoms. The van der Waals surface area contributed by atoms with Crippen molar-refractivity contribution in [1.82, 2.24) is 10.6 Å². The van der Waals surface area contributed by atoms with Crippen molar-refractivity contribution >= 4 is 11.9 Å². The van der Waals surface area contributed by atoms with Gasteiger partial charge in [0.15, 0.2) is 0 Å². The molecule has 0 heterocycles. The van der Waals surface area contributed by atoms with Crippen LogP contribution in [0.25, 0.3) is 0 Å². The number of hydrogen-bond donors (Lipinski definition) is 2. The molecular formula is C17H25FN2O3. The minimum atomic E-state index is -0.472. The fourth-order valence-corrected chi connectivity index (χ4v) is 2.38. The molecule has 0 saturated carbocycles. The average Bonchev–Trinajstić information content (AvgIpc) is 2.53. The Balaban J connectivity index is 2.54. The Kier molecular flexibility index (Phi) is 7.68. The highest BCUT2D eigenvalue weighted by Gasteiger charge is 2.24. The summed E-state index contributed by atoms with van der Waals surface area (Å²) in [7, 11) is 3.01. The Morgan fingerprint density at radius 2 is 1.83 bits per heavy atom. The van der Waals surface area contributed by atoms with Crippen molar-refractivity contribution in [3.05, 3.63) is 35.6 Å². The molecule has 1 amide bonds. The molecule has 128 valence electrons. The summed E-state index contributed by atoms with van der Waals surface area (Å²) in [6.45, 7) is 3.61. The van der Waals surface area contributed by atoms with Gasteiger partial charge in [-0.1, -0.05) is 19.1 Å². The van der Waals surface area contributed by atoms with Gasteiger partial charge in [-0.05, 0) is 44.5 Å². The van der Waals surface area contributed by atoms with E-state index in [2.05, 4.69) is 15.4 Å². The molecule has 1 rings (SSSR count). The van der Waals surface area contributed by atoms with Gasteiger partial charge in [-0.3, -0.25) is 9.59 Å². The molecule has 0 saturated heterocycles. The molecule has 2 N–H and O–H groups in total. The molecule has 5 nitrogen and oxygen atoms in total. The lowest BCUT2D eigenvalue weighted by Gasteiger charge is -2.21. The number of hydrogen-bond acceptors (Lipinski definition) is 4. The van der Waals surface area contributed by atoms with Crippen LogP contribution in [-0.2, 0) is 20.7 Å². The number of ether oxygens (including phenoxy) is 1. The largest absolute Gasteiger partial charge is 0.469 e. The smallest absolute Gasteiger partial charge is 0.308 e. The summed E-state index contributed by atoms with van der Waals surface area (Å²) in [6.07, 6.45) is 0.966. The first-order chi connectivity index (χ1) is 10.9. The molecule has 1 aromatic rings. The third kappa shape index (κ3) is 6.36. The zero-order valence-electron chi connectivity index (χ0n) is 14.1. The van der Waals surface area contributed by atoms with E-state index in [9.17, 15) is 14.0 Å². The van der Waals surface area contributed by atoms with Crippen LogP contribution in [0.5, 0.6) is 0 Å². The molecule has 0 radical (unpaired) electrons. The zero-order chi connectivity index (χ0) is 17.4. The molecular weight excluding hydrogens is 299 g/mol. The fourth-order valence-electron chi connectivity index (χ4n) is 2.38. The zero-order valence-corrected chi connectivity index (χ0v) is 14.1. The lowest BCUT2D eigenvalue weighted by molar-refractivity contribution is -0.145. The third-order valence-corrected chi connectivity index (χ3v) is 3.70. The van der Waals surface area contributed by atoms with E-state index in [4.69, 9.17) is 0 Å². The summed E-state index contributed by atoms with van der Waals surface area (Å²) >= 11 is 0. The number of benzene rings is 1. The van der Waals surface area contributed by atoms with Gasteiger partial charge < -0.3 is 15.4 Å². The molecule has 23 heavy (non-hydrogen) atoms. The van der Waals surface area contributed by atoms with Gasteiger partial charge >= 0.3 is 5.97 Å². The van der Waals surface area contributed by atoms with Crippen molar-refractivity contribution in [3.8, 4) is 0 Å². The van der Waals surface area contributed by atoms with Gasteiger partial charge in [0.2, 0.25) is 5.91 Å². The summed E-state index contributed by atoms with van der Waals surface area (Å²) in [5.41, 5.74) is 0.947. The number of rotatable bonds is 8. The average molecular weight is 324 g/mol. The molecule has 1 aromatic carbocycles. The van der Waals surface area contributed by atoms with Crippen molar-refractivity contribution in [2.45, 2.75) is 38.8 Å². The predicted molar refractivity (Wildman–Crippen MR) is 86.4 cm³/mol. The van der Waals surface area contributed by atoms with E-state index >= 15 is 0 Å². The molecule has 0 aromatic heterocycles. The van der Waals surface area contributed by atoms with E-state index in [0.717, 1.165) is 5.56 Å². The molecule has 0 spiro atoms. The lowest BCUT2D eigenvalue weighted by atomic mass is 10.0. The van der Waals surface area contributed by atoms with Crippen molar-refractivity contribution in [1.29, 1.82) is 0 Å². The van der Waals surface area contributed by atoms with Crippen molar-refractivity contribution in [3.63, 3.8) is 0 Å². The molecule has 0 bridgehead atoms. The van der Waals surface area contributed by atoms with Crippen LogP contribution in [0.3, 0.4) is 0 Å². The standard InChI is InChI=1S/C17H25FN2O3/c1-11(17(22)23-4)9-15(19-3)16(21)20-12(2)10-13-5-7-14(18)8-6-13/h5-8,11-12,15,19H,9-10H2,1-4H3,(H,20,21)/t11-,12?,15-/m0/s1. The Hall–Kier alpha value is -1.95. The van der Waals surface area contributed by atoms with Gasteiger partial charge in [-0.15, -0.1) is 0 Å². The van der Waals surface area contributed by atoms with E-state index < -0.39 is 6.04 Å². The highest BCUT2D eigenvalue weighted by atomic mass is 19.1. The molecule has 0 aliphatic heterocycles. The number of nitrogens with one attached hydrogen (secondary N) is 2. The highest BCUT2D eigenvalue weighted by Crippen LogP contribution is 2.09. The SMILES string of the molecule is CN[C@@H](C[C@H](C)C(=O)OC)C(=O)NC(C)Cc1ccc(F)cc1. The first kappa shape index (κ1) is 19.1. The molecule has 3 atom stereocenters. The number of carbonyl (C=O) groups is 2. The second-order valence-corrected chi connectivity index (χ2v) is 5.74. The number of amides is 1. The minimum absolute atomic E-state index is 0.0998. The summed E-state index contributed by atoms with van der Waals surface area (Å²) < 4.78 is 17.6. The molecule has 0 fully saturated rings. The van der Waals surface area contributed by atoms with Crippen molar-refractivity contribution in [2.24, 2.45) is 5.92 Å². The second-order valence-electron chi connectivity index (χ2n) is 5.74. The topological polar surface area (TPSA) is 67.4 Å². The van der Waals surface area contributed by atoms with Crippen LogP contribution in [0, 0.1) is 11.7 Å². The van der Waals surface area contributed by atoms with Crippen LogP contribution >= 0.6 is 0 Å². The van der Waals surface area contributed by atoms with Crippen LogP contribution in [-0.4, -0.2) is 38.1 Å². The van der Waals surface area contributed by atoms with Crippen LogP contribution in [0.1, 0.15) is 25.8 Å². The first-order valence-electron chi connectivity index (χ1n) is 7.67. The Morgan fingerprint density at radius 3 is 2.35 bits per heavy atom. The lowest BCUT2D eigenvalue weighted by Crippen LogP contribution is -2.47. The maximum absolute atomic E-state index is 12.9. The Labute approximate surface area is 136 Å². The number of likely N-dealkylation sites (N-methyl/N-ethyl adjacent to an activating group) is 1. The Bertz CT molecular complexity index is 519. The maximum Gasteiger partial charge on any atom is 0.308 e. The van der Waals surface area contributed by atoms with Crippen molar-refractivity contribution < 1.29 is 18.7 Å². The monoisotopic (exact) mass is 324 g/mol. The number of carbonyl (C=O) groups excluding carboxylic acids is 2. The third-order valence-electron chi connectivity index (χ3n) is 3.70. The van der Waals surface area contributed by atoms with Gasteiger partial charge in [0.05, 0.1) is 19.1 Å². The van der Waals surface area contributed by atoms with E-state index in [0.29, 0.717) is 12.8 Å². The van der Waals surface area contributed by atoms with E-state index in [1.165, 1.54) is 19.2 Å². The Morgan fingerprint density at radius 1 is 1.22 bits per heavy atom. The van der Waals surface area contributed by atoms with Gasteiger partial charge in [-0.2, -0.15) is 0 Å². The maximum atomic E-state index is 12.9.